The van der Waals surface area contributed by atoms with Crippen molar-refractivity contribution in [1.82, 2.24) is 4.90 Å². The van der Waals surface area contributed by atoms with Gasteiger partial charge in [-0.05, 0) is 45.0 Å². The molecule has 0 fully saturated rings. The highest BCUT2D eigenvalue weighted by atomic mass is 15.1. The molecule has 0 saturated heterocycles. The zero-order valence-corrected chi connectivity index (χ0v) is 11.5. The lowest BCUT2D eigenvalue weighted by atomic mass is 10.2. The van der Waals surface area contributed by atoms with Gasteiger partial charge in [-0.2, -0.15) is 0 Å². The fraction of sp³-hybridized carbons (Fsp3) is 0.571. The lowest BCUT2D eigenvalue weighted by Crippen LogP contribution is -2.32. The van der Waals surface area contributed by atoms with Crippen molar-refractivity contribution in [3.8, 4) is 0 Å². The number of likely N-dealkylation sites (N-methyl/N-ethyl adjacent to an activating group) is 1. The Morgan fingerprint density at radius 2 is 2.12 bits per heavy atom. The van der Waals surface area contributed by atoms with Crippen molar-refractivity contribution in [3.05, 3.63) is 23.8 Å². The molecule has 3 heteroatoms. The number of hydrogen-bond donors (Lipinski definition) is 2. The molecule has 0 aliphatic carbocycles. The van der Waals surface area contributed by atoms with Gasteiger partial charge in [0, 0.05) is 30.5 Å². The number of anilines is 2. The lowest BCUT2D eigenvalue weighted by molar-refractivity contribution is 0.261. The van der Waals surface area contributed by atoms with Crippen molar-refractivity contribution in [2.75, 3.05) is 31.2 Å². The second-order valence-electron chi connectivity index (χ2n) is 4.74. The van der Waals surface area contributed by atoms with Gasteiger partial charge in [-0.15, -0.1) is 0 Å². The summed E-state index contributed by atoms with van der Waals surface area (Å²) < 4.78 is 0. The number of aryl methyl sites for hydroxylation is 1. The van der Waals surface area contributed by atoms with Gasteiger partial charge in [0.2, 0.25) is 0 Å². The van der Waals surface area contributed by atoms with E-state index in [1.54, 1.807) is 0 Å². The third kappa shape index (κ3) is 4.27. The molecule has 96 valence electrons. The standard InChI is InChI=1S/C14H25N3/c1-5-12(3)17(4)9-8-16-13-7-6-11(2)14(15)10-13/h6-7,10,12,16H,5,8-9,15H2,1-4H3. The molecule has 1 rings (SSSR count). The van der Waals surface area contributed by atoms with Gasteiger partial charge in [0.15, 0.2) is 0 Å². The molecule has 0 aliphatic heterocycles. The Labute approximate surface area is 105 Å². The minimum atomic E-state index is 0.639. The second-order valence-corrected chi connectivity index (χ2v) is 4.74. The monoisotopic (exact) mass is 235 g/mol. The first-order valence-electron chi connectivity index (χ1n) is 6.34. The van der Waals surface area contributed by atoms with Crippen LogP contribution in [0.5, 0.6) is 0 Å². The molecule has 1 unspecified atom stereocenters. The molecule has 17 heavy (non-hydrogen) atoms. The van der Waals surface area contributed by atoms with Crippen LogP contribution >= 0.6 is 0 Å². The summed E-state index contributed by atoms with van der Waals surface area (Å²) in [6, 6.07) is 6.77. The van der Waals surface area contributed by atoms with Crippen LogP contribution in [0.4, 0.5) is 11.4 Å². The number of hydrogen-bond acceptors (Lipinski definition) is 3. The maximum absolute atomic E-state index is 5.87. The molecule has 0 radical (unpaired) electrons. The first-order chi connectivity index (χ1) is 8.04. The Balaban J connectivity index is 2.38. The van der Waals surface area contributed by atoms with E-state index in [4.69, 9.17) is 5.73 Å². The van der Waals surface area contributed by atoms with Crippen molar-refractivity contribution >= 4 is 11.4 Å². The molecule has 1 aromatic rings. The molecule has 0 aliphatic rings. The Morgan fingerprint density at radius 1 is 1.41 bits per heavy atom. The van der Waals surface area contributed by atoms with Crippen LogP contribution in [0.2, 0.25) is 0 Å². The van der Waals surface area contributed by atoms with Gasteiger partial charge >= 0.3 is 0 Å². The van der Waals surface area contributed by atoms with Crippen LogP contribution in [0, 0.1) is 6.92 Å². The molecular formula is C14H25N3. The zero-order chi connectivity index (χ0) is 12.8. The van der Waals surface area contributed by atoms with Crippen molar-refractivity contribution in [3.63, 3.8) is 0 Å². The Morgan fingerprint density at radius 3 is 2.71 bits per heavy atom. The first kappa shape index (κ1) is 13.8. The minimum absolute atomic E-state index is 0.639. The highest BCUT2D eigenvalue weighted by Crippen LogP contribution is 2.16. The van der Waals surface area contributed by atoms with Crippen LogP contribution in [0.1, 0.15) is 25.8 Å². The highest BCUT2D eigenvalue weighted by molar-refractivity contribution is 5.58. The van der Waals surface area contributed by atoms with E-state index in [-0.39, 0.29) is 0 Å². The average molecular weight is 235 g/mol. The summed E-state index contributed by atoms with van der Waals surface area (Å²) in [5.74, 6) is 0. The molecule has 3 nitrogen and oxygen atoms in total. The van der Waals surface area contributed by atoms with Crippen LogP contribution in [-0.2, 0) is 0 Å². The van der Waals surface area contributed by atoms with E-state index < -0.39 is 0 Å². The molecule has 0 amide bonds. The van der Waals surface area contributed by atoms with Crippen LogP contribution < -0.4 is 11.1 Å². The molecule has 0 heterocycles. The molecular weight excluding hydrogens is 210 g/mol. The van der Waals surface area contributed by atoms with E-state index in [1.165, 1.54) is 6.42 Å². The Bertz CT molecular complexity index is 349. The van der Waals surface area contributed by atoms with Gasteiger partial charge in [-0.3, -0.25) is 0 Å². The zero-order valence-electron chi connectivity index (χ0n) is 11.5. The van der Waals surface area contributed by atoms with Crippen LogP contribution in [-0.4, -0.2) is 31.1 Å². The molecule has 1 atom stereocenters. The number of nitrogen functional groups attached to an aromatic ring is 1. The number of nitrogens with two attached hydrogens (primary N) is 1. The molecule has 0 aromatic heterocycles. The van der Waals surface area contributed by atoms with E-state index in [2.05, 4.69) is 43.2 Å². The van der Waals surface area contributed by atoms with Crippen molar-refractivity contribution in [2.24, 2.45) is 0 Å². The molecule has 0 spiro atoms. The predicted octanol–water partition coefficient (Wildman–Crippen LogP) is 2.72. The summed E-state index contributed by atoms with van der Waals surface area (Å²) in [6.45, 7) is 8.49. The molecule has 3 N–H and O–H groups in total. The Hall–Kier alpha value is -1.22. The SMILES string of the molecule is CCC(C)N(C)CCNc1ccc(C)c(N)c1. The van der Waals surface area contributed by atoms with Crippen molar-refractivity contribution in [1.29, 1.82) is 0 Å². The predicted molar refractivity (Wildman–Crippen MR) is 76.5 cm³/mol. The fourth-order valence-electron chi connectivity index (χ4n) is 1.66. The molecule has 0 saturated carbocycles. The van der Waals surface area contributed by atoms with E-state index >= 15 is 0 Å². The number of nitrogens with zero attached hydrogens (tertiary/aromatic N) is 1. The summed E-state index contributed by atoms with van der Waals surface area (Å²) in [5, 5.41) is 3.40. The lowest BCUT2D eigenvalue weighted by Gasteiger charge is -2.23. The largest absolute Gasteiger partial charge is 0.398 e. The molecule has 0 bridgehead atoms. The van der Waals surface area contributed by atoms with Gasteiger partial charge in [0.05, 0.1) is 0 Å². The third-order valence-electron chi connectivity index (χ3n) is 3.42. The average Bonchev–Trinajstić information content (AvgIpc) is 2.32. The summed E-state index contributed by atoms with van der Waals surface area (Å²) in [4.78, 5) is 2.37. The van der Waals surface area contributed by atoms with Crippen molar-refractivity contribution in [2.45, 2.75) is 33.2 Å². The maximum Gasteiger partial charge on any atom is 0.0364 e. The summed E-state index contributed by atoms with van der Waals surface area (Å²) in [7, 11) is 2.17. The van der Waals surface area contributed by atoms with Crippen LogP contribution in [0.15, 0.2) is 18.2 Å². The molecule has 1 aromatic carbocycles. The van der Waals surface area contributed by atoms with E-state index in [0.29, 0.717) is 6.04 Å². The van der Waals surface area contributed by atoms with Gasteiger partial charge in [0.25, 0.3) is 0 Å². The fourth-order valence-corrected chi connectivity index (χ4v) is 1.66. The summed E-state index contributed by atoms with van der Waals surface area (Å²) in [5.41, 5.74) is 8.96. The second kappa shape index (κ2) is 6.50. The number of benzene rings is 1. The van der Waals surface area contributed by atoms with E-state index in [0.717, 1.165) is 30.0 Å². The number of nitrogens with one attached hydrogen (secondary N) is 1. The minimum Gasteiger partial charge on any atom is -0.398 e. The number of rotatable bonds is 6. The highest BCUT2D eigenvalue weighted by Gasteiger charge is 2.05. The quantitative estimate of drug-likeness (QED) is 0.745. The normalized spacial score (nSPS) is 12.8. The van der Waals surface area contributed by atoms with E-state index in [1.807, 2.05) is 13.0 Å². The van der Waals surface area contributed by atoms with E-state index in [9.17, 15) is 0 Å². The third-order valence-corrected chi connectivity index (χ3v) is 3.42. The topological polar surface area (TPSA) is 41.3 Å². The van der Waals surface area contributed by atoms with Gasteiger partial charge in [-0.1, -0.05) is 13.0 Å². The van der Waals surface area contributed by atoms with Gasteiger partial charge < -0.3 is 16.0 Å². The smallest absolute Gasteiger partial charge is 0.0364 e. The van der Waals surface area contributed by atoms with Gasteiger partial charge in [-0.25, -0.2) is 0 Å². The maximum atomic E-state index is 5.87. The van der Waals surface area contributed by atoms with Crippen LogP contribution in [0.25, 0.3) is 0 Å². The first-order valence-corrected chi connectivity index (χ1v) is 6.34. The summed E-state index contributed by atoms with van der Waals surface area (Å²) >= 11 is 0. The van der Waals surface area contributed by atoms with Gasteiger partial charge in [0.1, 0.15) is 0 Å². The van der Waals surface area contributed by atoms with Crippen molar-refractivity contribution < 1.29 is 0 Å². The summed E-state index contributed by atoms with van der Waals surface area (Å²) in [6.07, 6.45) is 1.19. The van der Waals surface area contributed by atoms with Crippen LogP contribution in [0.3, 0.4) is 0 Å². The Kier molecular flexibility index (Phi) is 5.29.